The Kier molecular flexibility index (Phi) is 5.01. The number of benzene rings is 1. The average molecular weight is 367 g/mol. The lowest BCUT2D eigenvalue weighted by Crippen LogP contribution is -2.43. The van der Waals surface area contributed by atoms with Gasteiger partial charge < -0.3 is 14.4 Å². The van der Waals surface area contributed by atoms with Crippen LogP contribution < -0.4 is 4.90 Å². The largest absolute Gasteiger partial charge is 0.325 e. The van der Waals surface area contributed by atoms with E-state index in [9.17, 15) is 4.79 Å². The highest BCUT2D eigenvalue weighted by atomic mass is 35.5. The molecule has 0 atom stereocenters. The highest BCUT2D eigenvalue weighted by Gasteiger charge is 2.33. The van der Waals surface area contributed by atoms with Crippen LogP contribution in [0.5, 0.6) is 0 Å². The van der Waals surface area contributed by atoms with Gasteiger partial charge in [-0.15, -0.1) is 0 Å². The second kappa shape index (κ2) is 7.03. The van der Waals surface area contributed by atoms with E-state index in [0.717, 1.165) is 31.5 Å². The minimum absolute atomic E-state index is 0.0136. The molecule has 1 amide bonds. The topological polar surface area (TPSA) is 41.4 Å². The maximum atomic E-state index is 12.6. The van der Waals surface area contributed by atoms with Gasteiger partial charge in [-0.25, -0.2) is 4.98 Å². The van der Waals surface area contributed by atoms with Crippen molar-refractivity contribution in [3.05, 3.63) is 40.3 Å². The number of imidazole rings is 1. The van der Waals surface area contributed by atoms with Gasteiger partial charge in [0.1, 0.15) is 0 Å². The van der Waals surface area contributed by atoms with E-state index >= 15 is 0 Å². The molecule has 0 saturated carbocycles. The Morgan fingerprint density at radius 3 is 2.75 bits per heavy atom. The molecule has 7 heteroatoms. The summed E-state index contributed by atoms with van der Waals surface area (Å²) < 4.78 is 1.94. The molecule has 0 fully saturated rings. The Bertz CT molecular complexity index is 759. The lowest BCUT2D eigenvalue weighted by atomic mass is 10.2. The molecule has 0 N–H and O–H groups in total. The molecule has 1 aliphatic rings. The maximum absolute atomic E-state index is 12.6. The Morgan fingerprint density at radius 1 is 1.25 bits per heavy atom. The number of rotatable bonds is 5. The second-order valence-electron chi connectivity index (χ2n) is 5.99. The molecule has 1 aromatic heterocycles. The number of carbonyl (C=O) groups excluding carboxylic acids is 1. The van der Waals surface area contributed by atoms with Gasteiger partial charge in [0.15, 0.2) is 11.5 Å². The Hall–Kier alpha value is -1.72. The number of unbranched alkanes of at least 4 members (excludes halogenated alkanes) is 2. The third kappa shape index (κ3) is 3.10. The van der Waals surface area contributed by atoms with Crippen LogP contribution in [0, 0.1) is 0 Å². The quantitative estimate of drug-likeness (QED) is 0.728. The monoisotopic (exact) mass is 366 g/mol. The maximum Gasteiger partial charge on any atom is 0.275 e. The van der Waals surface area contributed by atoms with Gasteiger partial charge in [-0.2, -0.15) is 0 Å². The van der Waals surface area contributed by atoms with E-state index in [1.165, 1.54) is 0 Å². The fourth-order valence-electron chi connectivity index (χ4n) is 2.90. The van der Waals surface area contributed by atoms with Gasteiger partial charge in [0.25, 0.3) is 5.91 Å². The number of nitrogens with zero attached hydrogens (tertiary/aromatic N) is 4. The van der Waals surface area contributed by atoms with E-state index in [2.05, 4.69) is 11.9 Å². The van der Waals surface area contributed by atoms with Crippen LogP contribution in [-0.2, 0) is 6.54 Å². The molecule has 0 bridgehead atoms. The van der Waals surface area contributed by atoms with E-state index in [1.807, 2.05) is 15.5 Å². The van der Waals surface area contributed by atoms with Crippen molar-refractivity contribution in [3.8, 4) is 0 Å². The van der Waals surface area contributed by atoms with Crippen LogP contribution in [0.3, 0.4) is 0 Å². The van der Waals surface area contributed by atoms with Crippen LogP contribution in [-0.4, -0.2) is 34.1 Å². The molecule has 0 saturated heterocycles. The van der Waals surface area contributed by atoms with E-state index in [0.29, 0.717) is 28.2 Å². The number of hydrogen-bond donors (Lipinski definition) is 0. The van der Waals surface area contributed by atoms with E-state index < -0.39 is 0 Å². The summed E-state index contributed by atoms with van der Waals surface area (Å²) in [6.07, 6.45) is 5.03. The molecular weight excluding hydrogens is 347 g/mol. The zero-order valence-electron chi connectivity index (χ0n) is 13.8. The predicted molar refractivity (Wildman–Crippen MR) is 97.3 cm³/mol. The molecule has 3 rings (SSSR count). The third-order valence-electron chi connectivity index (χ3n) is 4.18. The zero-order valence-corrected chi connectivity index (χ0v) is 15.3. The summed E-state index contributed by atoms with van der Waals surface area (Å²) in [7, 11) is 1.78. The van der Waals surface area contributed by atoms with Crippen LogP contribution in [0.2, 0.25) is 10.0 Å². The second-order valence-corrected chi connectivity index (χ2v) is 6.83. The predicted octanol–water partition coefficient (Wildman–Crippen LogP) is 4.56. The summed E-state index contributed by atoms with van der Waals surface area (Å²) in [5, 5.41) is 1.12. The Morgan fingerprint density at radius 2 is 2.04 bits per heavy atom. The van der Waals surface area contributed by atoms with Gasteiger partial charge in [0.05, 0.1) is 23.7 Å². The number of anilines is 2. The summed E-state index contributed by atoms with van der Waals surface area (Å²) in [6, 6.07) is 5.35. The molecule has 0 aliphatic carbocycles. The summed E-state index contributed by atoms with van der Waals surface area (Å²) in [5.41, 5.74) is 1.41. The highest BCUT2D eigenvalue weighted by Crippen LogP contribution is 2.37. The number of carbonyl (C=O) groups is 1. The number of aryl methyl sites for hydroxylation is 1. The number of hydrogen-bond acceptors (Lipinski definition) is 3. The van der Waals surface area contributed by atoms with Crippen LogP contribution in [0.4, 0.5) is 11.5 Å². The van der Waals surface area contributed by atoms with Crippen LogP contribution in [0.15, 0.2) is 24.5 Å². The summed E-state index contributed by atoms with van der Waals surface area (Å²) in [6.45, 7) is 3.35. The molecule has 24 heavy (non-hydrogen) atoms. The van der Waals surface area contributed by atoms with Gasteiger partial charge in [0, 0.05) is 18.6 Å². The minimum atomic E-state index is -0.0136. The van der Waals surface area contributed by atoms with Crippen LogP contribution in [0.1, 0.15) is 36.7 Å². The van der Waals surface area contributed by atoms with Crippen molar-refractivity contribution in [1.29, 1.82) is 0 Å². The van der Waals surface area contributed by atoms with Gasteiger partial charge in [0.2, 0.25) is 0 Å². The van der Waals surface area contributed by atoms with Crippen molar-refractivity contribution < 1.29 is 4.79 Å². The first-order valence-corrected chi connectivity index (χ1v) is 8.81. The van der Waals surface area contributed by atoms with Crippen molar-refractivity contribution in [2.45, 2.75) is 32.7 Å². The lowest BCUT2D eigenvalue weighted by Gasteiger charge is -2.34. The van der Waals surface area contributed by atoms with Crippen molar-refractivity contribution >= 4 is 40.6 Å². The van der Waals surface area contributed by atoms with Gasteiger partial charge in [-0.3, -0.25) is 4.79 Å². The number of amides is 1. The first-order valence-electron chi connectivity index (χ1n) is 8.06. The summed E-state index contributed by atoms with van der Waals surface area (Å²) in [5.74, 6) is 0.638. The Labute approximate surface area is 151 Å². The number of halogens is 2. The minimum Gasteiger partial charge on any atom is -0.325 e. The fraction of sp³-hybridized carbons (Fsp3) is 0.412. The van der Waals surface area contributed by atoms with Crippen molar-refractivity contribution in [1.82, 2.24) is 14.5 Å². The molecule has 1 aliphatic heterocycles. The molecule has 2 heterocycles. The fourth-order valence-corrected chi connectivity index (χ4v) is 3.41. The molecule has 2 aromatic rings. The Balaban J connectivity index is 2.00. The van der Waals surface area contributed by atoms with Gasteiger partial charge in [-0.05, 0) is 24.6 Å². The van der Waals surface area contributed by atoms with Crippen LogP contribution >= 0.6 is 23.2 Å². The van der Waals surface area contributed by atoms with E-state index in [1.54, 1.807) is 30.4 Å². The smallest absolute Gasteiger partial charge is 0.275 e. The lowest BCUT2D eigenvalue weighted by molar-refractivity contribution is 0.0775. The average Bonchev–Trinajstić information content (AvgIpc) is 2.96. The molecule has 5 nitrogen and oxygen atoms in total. The van der Waals surface area contributed by atoms with E-state index in [4.69, 9.17) is 23.2 Å². The molecule has 0 radical (unpaired) electrons. The SMILES string of the molecule is CCCCCn1cnc2c1C(=O)N(C)CN2c1ccc(Cl)cc1Cl. The van der Waals surface area contributed by atoms with Crippen molar-refractivity contribution in [2.75, 3.05) is 18.6 Å². The molecular formula is C17H20Cl2N4O. The summed E-state index contributed by atoms with van der Waals surface area (Å²) in [4.78, 5) is 20.7. The van der Waals surface area contributed by atoms with Crippen molar-refractivity contribution in [3.63, 3.8) is 0 Å². The first-order chi connectivity index (χ1) is 11.5. The highest BCUT2D eigenvalue weighted by molar-refractivity contribution is 6.36. The molecule has 0 unspecified atom stereocenters. The molecule has 1 aromatic carbocycles. The third-order valence-corrected chi connectivity index (χ3v) is 4.72. The number of aromatic nitrogens is 2. The van der Waals surface area contributed by atoms with Crippen molar-refractivity contribution in [2.24, 2.45) is 0 Å². The van der Waals surface area contributed by atoms with Gasteiger partial charge in [-0.1, -0.05) is 43.0 Å². The van der Waals surface area contributed by atoms with Gasteiger partial charge >= 0.3 is 0 Å². The molecule has 128 valence electrons. The van der Waals surface area contributed by atoms with Crippen LogP contribution in [0.25, 0.3) is 0 Å². The van der Waals surface area contributed by atoms with E-state index in [-0.39, 0.29) is 5.91 Å². The normalized spacial score (nSPS) is 14.2. The summed E-state index contributed by atoms with van der Waals surface area (Å²) >= 11 is 12.4. The molecule has 0 spiro atoms. The zero-order chi connectivity index (χ0) is 17.3. The number of fused-ring (bicyclic) bond motifs is 1. The first kappa shape index (κ1) is 17.1. The standard InChI is InChI=1S/C17H20Cl2N4O/c1-3-4-5-8-22-10-20-16-15(22)17(24)21(2)11-23(16)14-7-6-12(18)9-13(14)19/h6-7,9-10H,3-5,8,11H2,1-2H3.